The summed E-state index contributed by atoms with van der Waals surface area (Å²) < 4.78 is 36.8. The van der Waals surface area contributed by atoms with Gasteiger partial charge in [0.05, 0.1) is 30.4 Å². The first-order valence-electron chi connectivity index (χ1n) is 8.53. The van der Waals surface area contributed by atoms with E-state index in [1.165, 1.54) is 18.2 Å². The van der Waals surface area contributed by atoms with Gasteiger partial charge in [-0.1, -0.05) is 0 Å². The quantitative estimate of drug-likeness (QED) is 0.773. The number of fused-ring (bicyclic) bond motifs is 2. The minimum absolute atomic E-state index is 0.0853. The molecule has 148 valence electrons. The lowest BCUT2D eigenvalue weighted by Gasteiger charge is -2.42. The Labute approximate surface area is 157 Å². The highest BCUT2D eigenvalue weighted by molar-refractivity contribution is 7.92. The maximum Gasteiger partial charge on any atom is 0.305 e. The number of sulfonamides is 1. The first-order chi connectivity index (χ1) is 12.6. The third-order valence-electron chi connectivity index (χ3n) is 4.72. The van der Waals surface area contributed by atoms with E-state index in [1.807, 2.05) is 0 Å². The van der Waals surface area contributed by atoms with Gasteiger partial charge in [0.25, 0.3) is 5.91 Å². The van der Waals surface area contributed by atoms with Gasteiger partial charge in [-0.2, -0.15) is 0 Å². The van der Waals surface area contributed by atoms with E-state index in [4.69, 9.17) is 14.6 Å². The predicted octanol–water partition coefficient (Wildman–Crippen LogP) is 0.913. The lowest BCUT2D eigenvalue weighted by Crippen LogP contribution is -2.53. The maximum absolute atomic E-state index is 12.9. The van der Waals surface area contributed by atoms with Crippen molar-refractivity contribution in [3.63, 3.8) is 0 Å². The van der Waals surface area contributed by atoms with Crippen LogP contribution in [0.2, 0.25) is 0 Å². The van der Waals surface area contributed by atoms with E-state index >= 15 is 0 Å². The zero-order chi connectivity index (χ0) is 19.8. The zero-order valence-corrected chi connectivity index (χ0v) is 15.9. The predicted molar refractivity (Wildman–Crippen MR) is 96.4 cm³/mol. The first kappa shape index (κ1) is 19.4. The van der Waals surface area contributed by atoms with Crippen molar-refractivity contribution >= 4 is 27.6 Å². The molecule has 2 N–H and O–H groups in total. The molecular weight excluding hydrogens is 376 g/mol. The zero-order valence-electron chi connectivity index (χ0n) is 15.0. The van der Waals surface area contributed by atoms with Gasteiger partial charge in [0.2, 0.25) is 10.0 Å². The molecule has 2 heterocycles. The Morgan fingerprint density at radius 2 is 2.11 bits per heavy atom. The van der Waals surface area contributed by atoms with Crippen LogP contribution in [-0.2, 0) is 19.6 Å². The Balaban J connectivity index is 1.86. The molecule has 9 nitrogen and oxygen atoms in total. The van der Waals surface area contributed by atoms with E-state index < -0.39 is 28.2 Å². The van der Waals surface area contributed by atoms with Crippen molar-refractivity contribution in [2.75, 3.05) is 24.6 Å². The number of benzene rings is 1. The topological polar surface area (TPSA) is 122 Å². The van der Waals surface area contributed by atoms with Gasteiger partial charge in [0, 0.05) is 12.7 Å². The van der Waals surface area contributed by atoms with Crippen LogP contribution in [0.3, 0.4) is 0 Å². The summed E-state index contributed by atoms with van der Waals surface area (Å²) in [5.74, 6) is -0.906. The molecule has 0 spiro atoms. The SMILES string of the molecule is CN1C(=O)c2cc(NS(C)(=O)=O)ccc2OC[C@@H]2O[C@H](CC(=O)O)CC[C@H]21. The Kier molecular flexibility index (Phi) is 5.29. The van der Waals surface area contributed by atoms with Gasteiger partial charge in [-0.05, 0) is 31.0 Å². The summed E-state index contributed by atoms with van der Waals surface area (Å²) in [7, 11) is -1.81. The van der Waals surface area contributed by atoms with Gasteiger partial charge in [-0.25, -0.2) is 8.42 Å². The minimum Gasteiger partial charge on any atom is -0.490 e. The molecule has 1 amide bonds. The van der Waals surface area contributed by atoms with Crippen LogP contribution in [0.1, 0.15) is 29.6 Å². The largest absolute Gasteiger partial charge is 0.490 e. The molecule has 2 aliphatic heterocycles. The van der Waals surface area contributed by atoms with Crippen molar-refractivity contribution in [3.05, 3.63) is 23.8 Å². The first-order valence-corrected chi connectivity index (χ1v) is 10.4. The molecule has 3 rings (SSSR count). The number of hydrogen-bond acceptors (Lipinski definition) is 6. The molecule has 10 heteroatoms. The minimum atomic E-state index is -3.47. The number of hydrogen-bond donors (Lipinski definition) is 2. The fourth-order valence-corrected chi connectivity index (χ4v) is 4.05. The Morgan fingerprint density at radius 1 is 1.37 bits per heavy atom. The molecule has 0 bridgehead atoms. The maximum atomic E-state index is 12.9. The fourth-order valence-electron chi connectivity index (χ4n) is 3.50. The summed E-state index contributed by atoms with van der Waals surface area (Å²) in [5, 5.41) is 8.97. The summed E-state index contributed by atoms with van der Waals surface area (Å²) >= 11 is 0. The number of aliphatic carboxylic acids is 1. The number of ether oxygens (including phenoxy) is 2. The molecule has 1 aromatic rings. The number of anilines is 1. The normalized spacial score (nSPS) is 25.5. The van der Waals surface area contributed by atoms with Crippen LogP contribution in [0.25, 0.3) is 0 Å². The van der Waals surface area contributed by atoms with Crippen LogP contribution in [0.15, 0.2) is 18.2 Å². The molecule has 0 saturated carbocycles. The third kappa shape index (κ3) is 4.51. The summed E-state index contributed by atoms with van der Waals surface area (Å²) in [5.41, 5.74) is 0.539. The van der Waals surface area contributed by atoms with Gasteiger partial charge < -0.3 is 19.5 Å². The van der Waals surface area contributed by atoms with Crippen molar-refractivity contribution in [1.82, 2.24) is 4.90 Å². The number of nitrogens with zero attached hydrogens (tertiary/aromatic N) is 1. The molecule has 2 aliphatic rings. The van der Waals surface area contributed by atoms with Gasteiger partial charge in [-0.15, -0.1) is 0 Å². The molecule has 0 aromatic heterocycles. The monoisotopic (exact) mass is 398 g/mol. The Morgan fingerprint density at radius 3 is 2.78 bits per heavy atom. The Hall–Kier alpha value is -2.33. The molecule has 0 aliphatic carbocycles. The van der Waals surface area contributed by atoms with Crippen molar-refractivity contribution in [2.24, 2.45) is 0 Å². The van der Waals surface area contributed by atoms with Crippen LogP contribution in [0, 0.1) is 0 Å². The highest BCUT2D eigenvalue weighted by Gasteiger charge is 2.39. The molecular formula is C17H22N2O7S. The number of carboxylic acid groups (broad SMARTS) is 1. The molecule has 27 heavy (non-hydrogen) atoms. The standard InChI is InChI=1S/C17H22N2O7S/c1-19-13-5-4-11(8-16(20)21)26-15(13)9-25-14-6-3-10(18-27(2,23)24)7-12(14)17(19)22/h3,6-7,11,13,15,18H,4-5,8-9H2,1-2H3,(H,20,21)/t11-,13+,15-/m0/s1. The molecule has 1 aromatic carbocycles. The van der Waals surface area contributed by atoms with E-state index in [2.05, 4.69) is 4.72 Å². The summed E-state index contributed by atoms with van der Waals surface area (Å²) in [6, 6.07) is 4.25. The molecule has 0 unspecified atom stereocenters. The van der Waals surface area contributed by atoms with Gasteiger partial charge in [0.15, 0.2) is 0 Å². The number of carbonyl (C=O) groups is 2. The third-order valence-corrected chi connectivity index (χ3v) is 5.32. The summed E-state index contributed by atoms with van der Waals surface area (Å²) in [6.45, 7) is 0.171. The van der Waals surface area contributed by atoms with Crippen LogP contribution >= 0.6 is 0 Å². The molecule has 1 saturated heterocycles. The average molecular weight is 398 g/mol. The number of amides is 1. The highest BCUT2D eigenvalue weighted by atomic mass is 32.2. The summed E-state index contributed by atoms with van der Waals surface area (Å²) in [6.07, 6.45) is 1.25. The van der Waals surface area contributed by atoms with Gasteiger partial charge >= 0.3 is 5.97 Å². The summed E-state index contributed by atoms with van der Waals surface area (Å²) in [4.78, 5) is 25.4. The van der Waals surface area contributed by atoms with E-state index in [1.54, 1.807) is 11.9 Å². The average Bonchev–Trinajstić information content (AvgIpc) is 2.56. The molecule has 1 fully saturated rings. The lowest BCUT2D eigenvalue weighted by atomic mass is 9.95. The number of carbonyl (C=O) groups excluding carboxylic acids is 1. The second-order valence-corrected chi connectivity index (χ2v) is 8.60. The van der Waals surface area contributed by atoms with E-state index in [0.717, 1.165) is 6.26 Å². The van der Waals surface area contributed by atoms with Crippen LogP contribution < -0.4 is 9.46 Å². The van der Waals surface area contributed by atoms with Crippen molar-refractivity contribution in [3.8, 4) is 5.75 Å². The second kappa shape index (κ2) is 7.35. The van der Waals surface area contributed by atoms with Gasteiger partial charge in [0.1, 0.15) is 18.5 Å². The van der Waals surface area contributed by atoms with Crippen molar-refractivity contribution < 1.29 is 32.6 Å². The van der Waals surface area contributed by atoms with E-state index in [-0.39, 0.29) is 36.2 Å². The van der Waals surface area contributed by atoms with Crippen LogP contribution in [0.4, 0.5) is 5.69 Å². The van der Waals surface area contributed by atoms with Crippen LogP contribution in [-0.4, -0.2) is 68.5 Å². The van der Waals surface area contributed by atoms with Crippen molar-refractivity contribution in [2.45, 2.75) is 37.5 Å². The smallest absolute Gasteiger partial charge is 0.305 e. The lowest BCUT2D eigenvalue weighted by molar-refractivity contribution is -0.148. The second-order valence-electron chi connectivity index (χ2n) is 6.85. The highest BCUT2D eigenvalue weighted by Crippen LogP contribution is 2.32. The van der Waals surface area contributed by atoms with Gasteiger partial charge in [-0.3, -0.25) is 14.3 Å². The van der Waals surface area contributed by atoms with E-state index in [9.17, 15) is 18.0 Å². The van der Waals surface area contributed by atoms with Crippen molar-refractivity contribution in [1.29, 1.82) is 0 Å². The van der Waals surface area contributed by atoms with E-state index in [0.29, 0.717) is 18.6 Å². The number of nitrogens with one attached hydrogen (secondary N) is 1. The van der Waals surface area contributed by atoms with Crippen LogP contribution in [0.5, 0.6) is 5.75 Å². The Bertz CT molecular complexity index is 855. The number of likely N-dealkylation sites (N-methyl/N-ethyl adjacent to an activating group) is 1. The molecule has 3 atom stereocenters. The molecule has 0 radical (unpaired) electrons. The number of carboxylic acids is 1. The fraction of sp³-hybridized carbons (Fsp3) is 0.529. The number of rotatable bonds is 4.